The molecule has 0 rings (SSSR count). The third kappa shape index (κ3) is 27.5. The van der Waals surface area contributed by atoms with Gasteiger partial charge >= 0.3 is 0 Å². The molecule has 0 saturated heterocycles. The molecule has 0 atom stereocenters. The second-order valence-corrected chi connectivity index (χ2v) is 10.2. The van der Waals surface area contributed by atoms with E-state index in [1.807, 2.05) is 0 Å². The second kappa shape index (κ2) is 28.5. The maximum Gasteiger partial charge on any atom is 0.219 e. The number of nitrogens with one attached hydrogen (secondary N) is 1. The lowest BCUT2D eigenvalue weighted by atomic mass is 10.0. The second-order valence-electron chi connectivity index (χ2n) is 10.2. The first-order valence-corrected chi connectivity index (χ1v) is 15.1. The average Bonchev–Trinajstić information content (AvgIpc) is 2.80. The van der Waals surface area contributed by atoms with E-state index in [4.69, 9.17) is 0 Å². The minimum Gasteiger partial charge on any atom is -0.356 e. The zero-order valence-electron chi connectivity index (χ0n) is 22.5. The van der Waals surface area contributed by atoms with E-state index in [0.29, 0.717) is 0 Å². The van der Waals surface area contributed by atoms with E-state index in [9.17, 15) is 4.79 Å². The summed E-state index contributed by atoms with van der Waals surface area (Å²) in [7, 11) is 0. The smallest absolute Gasteiger partial charge is 0.219 e. The molecule has 0 bridgehead atoms. The molecular weight excluding hydrogens is 390 g/mol. The lowest BCUT2D eigenvalue weighted by molar-refractivity contribution is -0.121. The molecule has 0 aliphatic heterocycles. The van der Waals surface area contributed by atoms with Crippen molar-refractivity contribution in [3.8, 4) is 0 Å². The normalized spacial score (nSPS) is 11.2. The highest BCUT2D eigenvalue weighted by atomic mass is 16.1. The van der Waals surface area contributed by atoms with Crippen LogP contribution in [0.5, 0.6) is 0 Å². The molecule has 0 aliphatic rings. The van der Waals surface area contributed by atoms with Crippen LogP contribution in [0.2, 0.25) is 0 Å². The summed E-state index contributed by atoms with van der Waals surface area (Å²) in [6.07, 6.45) is 34.9. The molecule has 2 heteroatoms. The summed E-state index contributed by atoms with van der Waals surface area (Å²) in [5.74, 6) is 0.274. The number of hydrogen-bond donors (Lipinski definition) is 1. The average molecular weight is 452 g/mol. The molecule has 0 aromatic rings. The molecule has 0 spiro atoms. The molecule has 0 radical (unpaired) electrons. The van der Waals surface area contributed by atoms with Gasteiger partial charge in [-0.2, -0.15) is 0 Å². The van der Waals surface area contributed by atoms with Crippen LogP contribution >= 0.6 is 0 Å². The molecule has 32 heavy (non-hydrogen) atoms. The monoisotopic (exact) mass is 451 g/mol. The highest BCUT2D eigenvalue weighted by molar-refractivity contribution is 5.75. The molecule has 0 aromatic heterocycles. The number of carbonyl (C=O) groups is 1. The third-order valence-electron chi connectivity index (χ3n) is 6.86. The van der Waals surface area contributed by atoms with Crippen LogP contribution in [-0.4, -0.2) is 12.5 Å². The summed E-state index contributed by atoms with van der Waals surface area (Å²) in [5.41, 5.74) is 0. The van der Waals surface area contributed by atoms with Gasteiger partial charge in [0.1, 0.15) is 0 Å². The summed E-state index contributed by atoms with van der Waals surface area (Å²) >= 11 is 0. The van der Waals surface area contributed by atoms with Gasteiger partial charge in [-0.3, -0.25) is 4.79 Å². The summed E-state index contributed by atoms with van der Waals surface area (Å²) in [6, 6.07) is 0. The van der Waals surface area contributed by atoms with Gasteiger partial charge in [0, 0.05) is 13.0 Å². The Balaban J connectivity index is 3.13. The van der Waals surface area contributed by atoms with Crippen LogP contribution in [0.1, 0.15) is 181 Å². The molecule has 0 heterocycles. The van der Waals surface area contributed by atoms with Gasteiger partial charge in [-0.15, -0.1) is 0 Å². The summed E-state index contributed by atoms with van der Waals surface area (Å²) < 4.78 is 0. The first-order chi connectivity index (χ1) is 15.8. The van der Waals surface area contributed by atoms with Crippen molar-refractivity contribution < 1.29 is 4.79 Å². The maximum absolute atomic E-state index is 11.9. The maximum atomic E-state index is 11.9. The zero-order valence-corrected chi connectivity index (χ0v) is 22.5. The Bertz CT molecular complexity index is 355. The lowest BCUT2D eigenvalue weighted by Gasteiger charge is -2.06. The van der Waals surface area contributed by atoms with Crippen LogP contribution in [0, 0.1) is 0 Å². The summed E-state index contributed by atoms with van der Waals surface area (Å²) in [4.78, 5) is 11.9. The zero-order chi connectivity index (χ0) is 23.4. The van der Waals surface area contributed by atoms with Gasteiger partial charge in [-0.05, 0) is 12.8 Å². The molecule has 1 amide bonds. The van der Waals surface area contributed by atoms with Gasteiger partial charge in [0.25, 0.3) is 0 Å². The number of rotatable bonds is 27. The van der Waals surface area contributed by atoms with Crippen molar-refractivity contribution in [1.82, 2.24) is 5.32 Å². The molecular formula is C30H61NO. The third-order valence-corrected chi connectivity index (χ3v) is 6.86. The van der Waals surface area contributed by atoms with E-state index < -0.39 is 0 Å². The van der Waals surface area contributed by atoms with Gasteiger partial charge < -0.3 is 5.32 Å². The van der Waals surface area contributed by atoms with Crippen molar-refractivity contribution in [2.24, 2.45) is 0 Å². The van der Waals surface area contributed by atoms with Crippen molar-refractivity contribution >= 4 is 5.91 Å². The Morgan fingerprint density at radius 2 is 0.688 bits per heavy atom. The Hall–Kier alpha value is -0.530. The fraction of sp³-hybridized carbons (Fsp3) is 0.967. The number of carbonyl (C=O) groups excluding carboxylic acids is 1. The molecule has 0 fully saturated rings. The van der Waals surface area contributed by atoms with Crippen molar-refractivity contribution in [2.75, 3.05) is 6.54 Å². The van der Waals surface area contributed by atoms with Crippen molar-refractivity contribution in [1.29, 1.82) is 0 Å². The number of amides is 1. The van der Waals surface area contributed by atoms with Crippen molar-refractivity contribution in [3.05, 3.63) is 0 Å². The van der Waals surface area contributed by atoms with E-state index in [0.717, 1.165) is 25.8 Å². The van der Waals surface area contributed by atoms with E-state index in [1.165, 1.54) is 148 Å². The summed E-state index contributed by atoms with van der Waals surface area (Å²) in [6.45, 7) is 5.45. The van der Waals surface area contributed by atoms with E-state index >= 15 is 0 Å². The number of unbranched alkanes of at least 4 members (excludes halogenated alkanes) is 23. The SMILES string of the molecule is CCCCCCCCCCCCCCCCNC(=O)CCCCCCCCCCCCC. The molecule has 192 valence electrons. The standard InChI is InChI=1S/C30H61NO/c1-3-5-7-9-11-13-15-16-17-19-21-23-25-27-29-31-30(32)28-26-24-22-20-18-14-12-10-8-6-4-2/h3-29H2,1-2H3,(H,31,32). The van der Waals surface area contributed by atoms with Gasteiger partial charge in [0.05, 0.1) is 0 Å². The van der Waals surface area contributed by atoms with Crippen LogP contribution in [0.3, 0.4) is 0 Å². The largest absolute Gasteiger partial charge is 0.356 e. The molecule has 0 unspecified atom stereocenters. The Morgan fingerprint density at radius 1 is 0.406 bits per heavy atom. The highest BCUT2D eigenvalue weighted by Crippen LogP contribution is 2.13. The Kier molecular flexibility index (Phi) is 28.0. The molecule has 0 saturated carbocycles. The molecule has 0 aromatic carbocycles. The fourth-order valence-electron chi connectivity index (χ4n) is 4.59. The minimum atomic E-state index is 0.274. The van der Waals surface area contributed by atoms with E-state index in [2.05, 4.69) is 19.2 Å². The van der Waals surface area contributed by atoms with Crippen LogP contribution in [0.15, 0.2) is 0 Å². The van der Waals surface area contributed by atoms with Gasteiger partial charge in [-0.1, -0.05) is 162 Å². The van der Waals surface area contributed by atoms with Crippen molar-refractivity contribution in [3.63, 3.8) is 0 Å². The van der Waals surface area contributed by atoms with Crippen molar-refractivity contribution in [2.45, 2.75) is 181 Å². The van der Waals surface area contributed by atoms with E-state index in [1.54, 1.807) is 0 Å². The Labute approximate surface area is 203 Å². The molecule has 0 aliphatic carbocycles. The van der Waals surface area contributed by atoms with Gasteiger partial charge in [-0.25, -0.2) is 0 Å². The molecule has 2 nitrogen and oxygen atoms in total. The summed E-state index contributed by atoms with van der Waals surface area (Å²) in [5, 5.41) is 3.12. The molecule has 1 N–H and O–H groups in total. The quantitative estimate of drug-likeness (QED) is 0.124. The predicted molar refractivity (Wildman–Crippen MR) is 144 cm³/mol. The van der Waals surface area contributed by atoms with Crippen LogP contribution < -0.4 is 5.32 Å². The highest BCUT2D eigenvalue weighted by Gasteiger charge is 2.01. The van der Waals surface area contributed by atoms with Gasteiger partial charge in [0.15, 0.2) is 0 Å². The number of hydrogen-bond acceptors (Lipinski definition) is 1. The first-order valence-electron chi connectivity index (χ1n) is 15.1. The van der Waals surface area contributed by atoms with Gasteiger partial charge in [0.2, 0.25) is 5.91 Å². The van der Waals surface area contributed by atoms with Crippen LogP contribution in [0.25, 0.3) is 0 Å². The van der Waals surface area contributed by atoms with Crippen LogP contribution in [-0.2, 0) is 4.79 Å². The lowest BCUT2D eigenvalue weighted by Crippen LogP contribution is -2.23. The van der Waals surface area contributed by atoms with E-state index in [-0.39, 0.29) is 5.91 Å². The predicted octanol–water partition coefficient (Wildman–Crippen LogP) is 10.3. The minimum absolute atomic E-state index is 0.274. The first kappa shape index (κ1) is 31.5. The van der Waals surface area contributed by atoms with Crippen LogP contribution in [0.4, 0.5) is 0 Å². The topological polar surface area (TPSA) is 29.1 Å². The Morgan fingerprint density at radius 3 is 1.03 bits per heavy atom. The fourth-order valence-corrected chi connectivity index (χ4v) is 4.59.